The largest absolute Gasteiger partial charge is 0.484 e. The summed E-state index contributed by atoms with van der Waals surface area (Å²) in [4.78, 5) is 12.2. The predicted molar refractivity (Wildman–Crippen MR) is 109 cm³/mol. The van der Waals surface area contributed by atoms with Gasteiger partial charge in [-0.1, -0.05) is 39.9 Å². The first-order valence-electron chi connectivity index (χ1n) is 9.44. The van der Waals surface area contributed by atoms with Gasteiger partial charge in [0.2, 0.25) is 5.89 Å². The van der Waals surface area contributed by atoms with E-state index in [9.17, 15) is 18.0 Å². The van der Waals surface area contributed by atoms with Crippen LogP contribution in [0.4, 0.5) is 13.2 Å². The van der Waals surface area contributed by atoms with Crippen molar-refractivity contribution >= 4 is 40.7 Å². The van der Waals surface area contributed by atoms with E-state index in [2.05, 4.69) is 20.8 Å². The number of hydrogen-bond acceptors (Lipinski definition) is 7. The summed E-state index contributed by atoms with van der Waals surface area (Å²) in [6.07, 6.45) is -4.60. The Bertz CT molecular complexity index is 913. The van der Waals surface area contributed by atoms with Gasteiger partial charge >= 0.3 is 12.3 Å². The van der Waals surface area contributed by atoms with Gasteiger partial charge in [-0.2, -0.15) is 13.2 Å². The summed E-state index contributed by atoms with van der Waals surface area (Å²) in [5.74, 6) is 0.179. The van der Waals surface area contributed by atoms with Gasteiger partial charge in [0, 0.05) is 24.7 Å². The van der Waals surface area contributed by atoms with Gasteiger partial charge in [0.1, 0.15) is 12.4 Å². The van der Waals surface area contributed by atoms with Crippen LogP contribution in [0.5, 0.6) is 11.8 Å². The number of piperidine rings is 1. The molecule has 32 heavy (non-hydrogen) atoms. The number of hydrogen-bond donors (Lipinski definition) is 2. The van der Waals surface area contributed by atoms with E-state index in [0.29, 0.717) is 25.1 Å². The molecule has 2 N–H and O–H groups in total. The fraction of sp³-hybridized carbons (Fsp3) is 0.500. The second kappa shape index (κ2) is 10.8. The Morgan fingerprint density at radius 2 is 1.91 bits per heavy atom. The molecular weight excluding hydrogens is 500 g/mol. The molecule has 1 fully saturated rings. The van der Waals surface area contributed by atoms with Crippen molar-refractivity contribution < 1.29 is 31.9 Å². The van der Waals surface area contributed by atoms with Crippen molar-refractivity contribution in [2.45, 2.75) is 37.5 Å². The highest BCUT2D eigenvalue weighted by atomic mass is 35.5. The van der Waals surface area contributed by atoms with Crippen LogP contribution in [0.2, 0.25) is 15.1 Å². The first kappa shape index (κ1) is 24.7. The fourth-order valence-corrected chi connectivity index (χ4v) is 3.47. The van der Waals surface area contributed by atoms with Crippen LogP contribution in [0.25, 0.3) is 0 Å². The lowest BCUT2D eigenvalue weighted by Crippen LogP contribution is -2.48. The molecule has 1 aliphatic rings. The van der Waals surface area contributed by atoms with Crippen molar-refractivity contribution in [2.75, 3.05) is 19.8 Å². The minimum absolute atomic E-state index is 0.162. The average Bonchev–Trinajstić information content (AvgIpc) is 3.19. The number of ether oxygens (including phenoxy) is 2. The zero-order valence-electron chi connectivity index (χ0n) is 16.3. The summed E-state index contributed by atoms with van der Waals surface area (Å²) >= 11 is 17.7. The van der Waals surface area contributed by atoms with Crippen molar-refractivity contribution in [2.24, 2.45) is 0 Å². The van der Waals surface area contributed by atoms with Gasteiger partial charge in [-0.15, -0.1) is 5.10 Å². The van der Waals surface area contributed by atoms with Gasteiger partial charge in [0.05, 0.1) is 27.5 Å². The molecular formula is C18H18Cl3F3N4O4. The molecule has 176 valence electrons. The predicted octanol–water partition coefficient (Wildman–Crippen LogP) is 4.35. The first-order chi connectivity index (χ1) is 15.1. The maximum atomic E-state index is 12.2. The third-order valence-corrected chi connectivity index (χ3v) is 5.63. The van der Waals surface area contributed by atoms with Gasteiger partial charge < -0.3 is 24.5 Å². The third-order valence-electron chi connectivity index (χ3n) is 4.44. The summed E-state index contributed by atoms with van der Waals surface area (Å²) in [6, 6.07) is 2.46. The van der Waals surface area contributed by atoms with Gasteiger partial charge in [-0.3, -0.25) is 4.79 Å². The number of carbonyl (C=O) groups is 1. The van der Waals surface area contributed by atoms with E-state index in [0.717, 1.165) is 0 Å². The van der Waals surface area contributed by atoms with E-state index < -0.39 is 19.2 Å². The number of nitrogens with zero attached hydrogens (tertiary/aromatic N) is 2. The van der Waals surface area contributed by atoms with Crippen LogP contribution in [0, 0.1) is 0 Å². The van der Waals surface area contributed by atoms with E-state index in [4.69, 9.17) is 48.7 Å². The van der Waals surface area contributed by atoms with Crippen LogP contribution in [0.3, 0.4) is 0 Å². The van der Waals surface area contributed by atoms with Crippen molar-refractivity contribution in [3.05, 3.63) is 33.1 Å². The van der Waals surface area contributed by atoms with Crippen LogP contribution < -0.4 is 20.1 Å². The van der Waals surface area contributed by atoms with E-state index in [-0.39, 0.29) is 51.6 Å². The molecule has 2 atom stereocenters. The van der Waals surface area contributed by atoms with E-state index >= 15 is 0 Å². The van der Waals surface area contributed by atoms with Gasteiger partial charge in [-0.05, 0) is 12.8 Å². The number of rotatable bonds is 8. The molecule has 14 heteroatoms. The van der Waals surface area contributed by atoms with Crippen LogP contribution in [0.15, 0.2) is 16.5 Å². The zero-order chi connectivity index (χ0) is 23.3. The zero-order valence-corrected chi connectivity index (χ0v) is 18.6. The number of nitrogens with one attached hydrogen (secondary N) is 2. The quantitative estimate of drug-likeness (QED) is 0.502. The van der Waals surface area contributed by atoms with Gasteiger partial charge in [0.15, 0.2) is 6.61 Å². The van der Waals surface area contributed by atoms with Crippen LogP contribution in [-0.2, 0) is 4.79 Å². The SMILES string of the molecule is O=C(COc1cc(Cl)c(Cl)c(Cl)c1)N[C@H]1CCC(c2nnc(OCCC(F)(F)F)o2)NC1. The third kappa shape index (κ3) is 7.29. The molecule has 1 aromatic carbocycles. The van der Waals surface area contributed by atoms with Gasteiger partial charge in [-0.25, -0.2) is 0 Å². The minimum Gasteiger partial charge on any atom is -0.484 e. The molecule has 1 amide bonds. The topological polar surface area (TPSA) is 98.5 Å². The van der Waals surface area contributed by atoms with Crippen molar-refractivity contribution in [1.29, 1.82) is 0 Å². The molecule has 1 aromatic heterocycles. The second-order valence-electron chi connectivity index (χ2n) is 6.91. The molecule has 2 aromatic rings. The monoisotopic (exact) mass is 516 g/mol. The number of alkyl halides is 3. The highest BCUT2D eigenvalue weighted by Crippen LogP contribution is 2.34. The Labute approximate surface area is 195 Å². The Balaban J connectivity index is 1.40. The second-order valence-corrected chi connectivity index (χ2v) is 8.10. The molecule has 2 heterocycles. The number of aromatic nitrogens is 2. The smallest absolute Gasteiger partial charge is 0.414 e. The molecule has 0 aliphatic carbocycles. The lowest BCUT2D eigenvalue weighted by molar-refractivity contribution is -0.140. The molecule has 0 radical (unpaired) electrons. The van der Waals surface area contributed by atoms with Crippen molar-refractivity contribution in [1.82, 2.24) is 20.8 Å². The Morgan fingerprint density at radius 3 is 2.53 bits per heavy atom. The molecule has 0 spiro atoms. The Hall–Kier alpha value is -1.95. The average molecular weight is 518 g/mol. The maximum Gasteiger partial charge on any atom is 0.414 e. The number of halogens is 6. The highest BCUT2D eigenvalue weighted by molar-refractivity contribution is 6.48. The van der Waals surface area contributed by atoms with Gasteiger partial charge in [0.25, 0.3) is 5.91 Å². The molecule has 0 bridgehead atoms. The standard InChI is InChI=1S/C18H18Cl3F3N4O4/c19-11-5-10(6-12(20)15(11)21)31-8-14(29)26-9-1-2-13(25-7-9)16-27-28-17(32-16)30-4-3-18(22,23)24/h5-6,9,13,25H,1-4,7-8H2,(H,26,29)/t9-,13?/m0/s1. The lowest BCUT2D eigenvalue weighted by Gasteiger charge is -2.28. The van der Waals surface area contributed by atoms with Crippen molar-refractivity contribution in [3.8, 4) is 11.8 Å². The first-order valence-corrected chi connectivity index (χ1v) is 10.6. The number of carbonyl (C=O) groups excluding carboxylic acids is 1. The molecule has 8 nitrogen and oxygen atoms in total. The summed E-state index contributed by atoms with van der Waals surface area (Å²) in [5, 5.41) is 14.0. The van der Waals surface area contributed by atoms with Crippen LogP contribution in [0.1, 0.15) is 31.2 Å². The number of amides is 1. The van der Waals surface area contributed by atoms with E-state index in [1.165, 1.54) is 12.1 Å². The minimum atomic E-state index is -4.33. The maximum absolute atomic E-state index is 12.2. The fourth-order valence-electron chi connectivity index (χ4n) is 2.90. The molecule has 1 saturated heterocycles. The summed E-state index contributed by atoms with van der Waals surface area (Å²) in [5.41, 5.74) is 0. The molecule has 3 rings (SSSR count). The molecule has 1 unspecified atom stereocenters. The Kier molecular flexibility index (Phi) is 8.32. The summed E-state index contributed by atoms with van der Waals surface area (Å²) in [7, 11) is 0. The van der Waals surface area contributed by atoms with Crippen LogP contribution >= 0.6 is 34.8 Å². The van der Waals surface area contributed by atoms with Crippen molar-refractivity contribution in [3.63, 3.8) is 0 Å². The lowest BCUT2D eigenvalue weighted by atomic mass is 10.0. The Morgan fingerprint density at radius 1 is 1.19 bits per heavy atom. The van der Waals surface area contributed by atoms with E-state index in [1.54, 1.807) is 0 Å². The highest BCUT2D eigenvalue weighted by Gasteiger charge is 2.29. The number of benzene rings is 1. The molecule has 1 aliphatic heterocycles. The summed E-state index contributed by atoms with van der Waals surface area (Å²) < 4.78 is 51.9. The van der Waals surface area contributed by atoms with E-state index in [1.807, 2.05) is 0 Å². The van der Waals surface area contributed by atoms with Crippen LogP contribution in [-0.4, -0.2) is 48.1 Å². The summed E-state index contributed by atoms with van der Waals surface area (Å²) in [6.45, 7) is -0.425. The molecule has 0 saturated carbocycles. The normalized spacial score (nSPS) is 18.9.